The molecule has 20 heavy (non-hydrogen) atoms. The van der Waals surface area contributed by atoms with E-state index in [2.05, 4.69) is 15.4 Å². The van der Waals surface area contributed by atoms with Gasteiger partial charge in [-0.25, -0.2) is 0 Å². The molecule has 0 spiro atoms. The standard InChI is InChI=1S/C14H21N3O3/c1-9-12(10(2)20-16-9)7-17-5-3-11-13(8-17)19-6-4-15-14(11)18/h11,13H,3-8H2,1-2H3,(H,15,18)/t11-,13+/m1/s1. The highest BCUT2D eigenvalue weighted by molar-refractivity contribution is 5.79. The van der Waals surface area contributed by atoms with Crippen LogP contribution in [0.2, 0.25) is 0 Å². The lowest BCUT2D eigenvalue weighted by atomic mass is 9.92. The molecule has 0 bridgehead atoms. The number of ether oxygens (including phenoxy) is 1. The van der Waals surface area contributed by atoms with Crippen LogP contribution < -0.4 is 5.32 Å². The number of carbonyl (C=O) groups excluding carboxylic acids is 1. The number of likely N-dealkylation sites (tertiary alicyclic amines) is 1. The third kappa shape index (κ3) is 2.58. The Morgan fingerprint density at radius 1 is 1.45 bits per heavy atom. The Morgan fingerprint density at radius 2 is 2.30 bits per heavy atom. The fourth-order valence-electron chi connectivity index (χ4n) is 3.06. The Hall–Kier alpha value is -1.40. The molecule has 3 heterocycles. The summed E-state index contributed by atoms with van der Waals surface area (Å²) >= 11 is 0. The van der Waals surface area contributed by atoms with Crippen molar-refractivity contribution in [2.24, 2.45) is 5.92 Å². The van der Waals surface area contributed by atoms with Crippen LogP contribution in [-0.4, -0.2) is 48.3 Å². The van der Waals surface area contributed by atoms with Crippen molar-refractivity contribution in [1.29, 1.82) is 0 Å². The Bertz CT molecular complexity index is 480. The minimum Gasteiger partial charge on any atom is -0.374 e. The van der Waals surface area contributed by atoms with Gasteiger partial charge in [0.15, 0.2) is 0 Å². The monoisotopic (exact) mass is 279 g/mol. The molecular weight excluding hydrogens is 258 g/mol. The van der Waals surface area contributed by atoms with E-state index in [0.29, 0.717) is 13.2 Å². The lowest BCUT2D eigenvalue weighted by Gasteiger charge is -2.36. The predicted molar refractivity (Wildman–Crippen MR) is 72.1 cm³/mol. The molecule has 1 aromatic rings. The van der Waals surface area contributed by atoms with Crippen LogP contribution in [0.1, 0.15) is 23.4 Å². The van der Waals surface area contributed by atoms with Crippen molar-refractivity contribution in [3.05, 3.63) is 17.0 Å². The molecule has 2 saturated heterocycles. The van der Waals surface area contributed by atoms with Gasteiger partial charge in [-0.3, -0.25) is 9.69 Å². The molecule has 2 aliphatic rings. The minimum atomic E-state index is -0.00146. The molecule has 3 rings (SSSR count). The average molecular weight is 279 g/mol. The fraction of sp³-hybridized carbons (Fsp3) is 0.714. The Labute approximate surface area is 118 Å². The van der Waals surface area contributed by atoms with E-state index >= 15 is 0 Å². The van der Waals surface area contributed by atoms with Gasteiger partial charge in [0.05, 0.1) is 24.3 Å². The highest BCUT2D eigenvalue weighted by atomic mass is 16.5. The largest absolute Gasteiger partial charge is 0.374 e. The van der Waals surface area contributed by atoms with Crippen LogP contribution in [0.25, 0.3) is 0 Å². The summed E-state index contributed by atoms with van der Waals surface area (Å²) in [6.45, 7) is 7.65. The topological polar surface area (TPSA) is 67.6 Å². The number of hydrogen-bond acceptors (Lipinski definition) is 5. The van der Waals surface area contributed by atoms with Crippen molar-refractivity contribution < 1.29 is 14.1 Å². The Kier molecular flexibility index (Phi) is 3.76. The molecule has 6 nitrogen and oxygen atoms in total. The number of nitrogens with zero attached hydrogens (tertiary/aromatic N) is 2. The van der Waals surface area contributed by atoms with Crippen LogP contribution in [0.5, 0.6) is 0 Å². The number of aryl methyl sites for hydroxylation is 2. The van der Waals surface area contributed by atoms with Gasteiger partial charge < -0.3 is 14.6 Å². The number of amides is 1. The fourth-order valence-corrected chi connectivity index (χ4v) is 3.06. The van der Waals surface area contributed by atoms with Crippen LogP contribution >= 0.6 is 0 Å². The Morgan fingerprint density at radius 3 is 3.05 bits per heavy atom. The number of aromatic nitrogens is 1. The van der Waals surface area contributed by atoms with Crippen LogP contribution in [0.4, 0.5) is 0 Å². The normalized spacial score (nSPS) is 27.8. The maximum Gasteiger partial charge on any atom is 0.225 e. The van der Waals surface area contributed by atoms with Gasteiger partial charge in [0.25, 0.3) is 0 Å². The summed E-state index contributed by atoms with van der Waals surface area (Å²) in [5.74, 6) is 1.02. The minimum absolute atomic E-state index is 0.00146. The molecule has 0 aromatic carbocycles. The summed E-state index contributed by atoms with van der Waals surface area (Å²) in [5, 5.41) is 6.91. The molecule has 0 saturated carbocycles. The summed E-state index contributed by atoms with van der Waals surface area (Å²) in [7, 11) is 0. The van der Waals surface area contributed by atoms with Crippen molar-refractivity contribution in [2.75, 3.05) is 26.2 Å². The van der Waals surface area contributed by atoms with Gasteiger partial charge in [0.2, 0.25) is 5.91 Å². The van der Waals surface area contributed by atoms with Crippen molar-refractivity contribution in [3.63, 3.8) is 0 Å². The molecule has 6 heteroatoms. The lowest BCUT2D eigenvalue weighted by Crippen LogP contribution is -2.48. The van der Waals surface area contributed by atoms with Crippen LogP contribution in [0.15, 0.2) is 4.52 Å². The summed E-state index contributed by atoms with van der Waals surface area (Å²) in [5.41, 5.74) is 2.10. The lowest BCUT2D eigenvalue weighted by molar-refractivity contribution is -0.130. The molecule has 2 fully saturated rings. The molecule has 2 atom stereocenters. The third-order valence-corrected chi connectivity index (χ3v) is 4.28. The number of carbonyl (C=O) groups is 1. The highest BCUT2D eigenvalue weighted by Gasteiger charge is 2.36. The molecular formula is C14H21N3O3. The van der Waals surface area contributed by atoms with E-state index in [4.69, 9.17) is 9.26 Å². The van der Waals surface area contributed by atoms with Crippen LogP contribution in [0, 0.1) is 19.8 Å². The van der Waals surface area contributed by atoms with E-state index in [9.17, 15) is 4.79 Å². The first kappa shape index (κ1) is 13.6. The number of nitrogens with one attached hydrogen (secondary N) is 1. The second kappa shape index (κ2) is 5.54. The van der Waals surface area contributed by atoms with Gasteiger partial charge in [0, 0.05) is 25.2 Å². The first-order chi connectivity index (χ1) is 9.65. The third-order valence-electron chi connectivity index (χ3n) is 4.28. The van der Waals surface area contributed by atoms with Crippen molar-refractivity contribution in [2.45, 2.75) is 32.9 Å². The quantitative estimate of drug-likeness (QED) is 0.860. The van der Waals surface area contributed by atoms with E-state index in [1.807, 2.05) is 13.8 Å². The summed E-state index contributed by atoms with van der Waals surface area (Å²) in [4.78, 5) is 14.3. The second-order valence-electron chi connectivity index (χ2n) is 5.63. The van der Waals surface area contributed by atoms with E-state index in [-0.39, 0.29) is 17.9 Å². The second-order valence-corrected chi connectivity index (χ2v) is 5.63. The maximum absolute atomic E-state index is 11.9. The molecule has 1 N–H and O–H groups in total. The molecule has 2 aliphatic heterocycles. The van der Waals surface area contributed by atoms with Crippen molar-refractivity contribution >= 4 is 5.91 Å². The van der Waals surface area contributed by atoms with E-state index < -0.39 is 0 Å². The van der Waals surface area contributed by atoms with Gasteiger partial charge in [-0.15, -0.1) is 0 Å². The van der Waals surface area contributed by atoms with Gasteiger partial charge in [-0.1, -0.05) is 5.16 Å². The van der Waals surface area contributed by atoms with E-state index in [1.165, 1.54) is 0 Å². The predicted octanol–water partition coefficient (Wildman–Crippen LogP) is 0.628. The Balaban J connectivity index is 1.68. The first-order valence-corrected chi connectivity index (χ1v) is 7.18. The average Bonchev–Trinajstić information content (AvgIpc) is 2.65. The number of piperidine rings is 1. The number of fused-ring (bicyclic) bond motifs is 1. The van der Waals surface area contributed by atoms with E-state index in [1.54, 1.807) is 0 Å². The maximum atomic E-state index is 11.9. The summed E-state index contributed by atoms with van der Waals surface area (Å²) < 4.78 is 11.0. The first-order valence-electron chi connectivity index (χ1n) is 7.18. The molecule has 1 amide bonds. The highest BCUT2D eigenvalue weighted by Crippen LogP contribution is 2.25. The van der Waals surface area contributed by atoms with E-state index in [0.717, 1.165) is 43.1 Å². The van der Waals surface area contributed by atoms with Gasteiger partial charge >= 0.3 is 0 Å². The summed E-state index contributed by atoms with van der Waals surface area (Å²) in [6.07, 6.45) is 0.853. The van der Waals surface area contributed by atoms with Gasteiger partial charge in [-0.05, 0) is 26.8 Å². The zero-order valence-electron chi connectivity index (χ0n) is 12.0. The van der Waals surface area contributed by atoms with Crippen molar-refractivity contribution in [1.82, 2.24) is 15.4 Å². The number of rotatable bonds is 2. The molecule has 0 aliphatic carbocycles. The molecule has 110 valence electrons. The van der Waals surface area contributed by atoms with Gasteiger partial charge in [0.1, 0.15) is 5.76 Å². The molecule has 0 unspecified atom stereocenters. The smallest absolute Gasteiger partial charge is 0.225 e. The number of hydrogen-bond donors (Lipinski definition) is 1. The molecule has 0 radical (unpaired) electrons. The van der Waals surface area contributed by atoms with Gasteiger partial charge in [-0.2, -0.15) is 0 Å². The van der Waals surface area contributed by atoms with Crippen LogP contribution in [0.3, 0.4) is 0 Å². The SMILES string of the molecule is Cc1noc(C)c1CN1CC[C@H]2C(=O)NCCO[C@H]2C1. The molecule has 1 aromatic heterocycles. The van der Waals surface area contributed by atoms with Crippen LogP contribution in [-0.2, 0) is 16.1 Å². The van der Waals surface area contributed by atoms with Crippen molar-refractivity contribution in [3.8, 4) is 0 Å². The summed E-state index contributed by atoms with van der Waals surface area (Å²) in [6, 6.07) is 0. The zero-order chi connectivity index (χ0) is 14.1. The zero-order valence-corrected chi connectivity index (χ0v) is 12.0.